The van der Waals surface area contributed by atoms with E-state index in [0.717, 1.165) is 5.56 Å². The van der Waals surface area contributed by atoms with E-state index in [2.05, 4.69) is 30.7 Å². The quantitative estimate of drug-likeness (QED) is 0.509. The van der Waals surface area contributed by atoms with Gasteiger partial charge in [0.05, 0.1) is 0 Å². The van der Waals surface area contributed by atoms with Crippen LogP contribution in [0.4, 0.5) is 0 Å². The summed E-state index contributed by atoms with van der Waals surface area (Å²) in [7, 11) is 0. The van der Waals surface area contributed by atoms with Gasteiger partial charge in [0, 0.05) is 23.9 Å². The topological polar surface area (TPSA) is 12.9 Å². The van der Waals surface area contributed by atoms with Crippen LogP contribution in [0, 0.1) is 17.8 Å². The van der Waals surface area contributed by atoms with Crippen LogP contribution in [0.15, 0.2) is 24.5 Å². The summed E-state index contributed by atoms with van der Waals surface area (Å²) in [4.78, 5) is 3.96. The first-order chi connectivity index (χ1) is 5.29. The molecule has 0 spiro atoms. The summed E-state index contributed by atoms with van der Waals surface area (Å²) in [6, 6.07) is 3.85. The fourth-order valence-electron chi connectivity index (χ4n) is 0.664. The lowest BCUT2D eigenvalue weighted by Crippen LogP contribution is -1.80. The van der Waals surface area contributed by atoms with Gasteiger partial charge in [-0.2, -0.15) is 0 Å². The molecule has 0 aromatic carbocycles. The average molecular weight is 145 g/mol. The molecule has 0 aliphatic carbocycles. The SMILES string of the molecule is CC(C)C#Cc1cccnc1. The third-order valence-corrected chi connectivity index (χ3v) is 1.17. The number of aromatic nitrogens is 1. The summed E-state index contributed by atoms with van der Waals surface area (Å²) in [6.07, 6.45) is 3.52. The third kappa shape index (κ3) is 2.86. The molecule has 1 nitrogen and oxygen atoms in total. The van der Waals surface area contributed by atoms with Crippen molar-refractivity contribution < 1.29 is 0 Å². The average Bonchev–Trinajstić information content (AvgIpc) is 2.03. The number of hydrogen-bond donors (Lipinski definition) is 0. The van der Waals surface area contributed by atoms with Gasteiger partial charge in [-0.1, -0.05) is 25.7 Å². The highest BCUT2D eigenvalue weighted by molar-refractivity contribution is 5.31. The molecule has 0 bridgehead atoms. The highest BCUT2D eigenvalue weighted by atomic mass is 14.6. The van der Waals surface area contributed by atoms with Crippen LogP contribution in [0.2, 0.25) is 0 Å². The van der Waals surface area contributed by atoms with Crippen LogP contribution in [0.1, 0.15) is 19.4 Å². The maximum Gasteiger partial charge on any atom is 0.0428 e. The second-order valence-corrected chi connectivity index (χ2v) is 2.67. The van der Waals surface area contributed by atoms with Gasteiger partial charge in [-0.25, -0.2) is 0 Å². The van der Waals surface area contributed by atoms with Crippen LogP contribution in [0.3, 0.4) is 0 Å². The van der Waals surface area contributed by atoms with E-state index in [1.165, 1.54) is 0 Å². The van der Waals surface area contributed by atoms with E-state index in [4.69, 9.17) is 0 Å². The fourth-order valence-corrected chi connectivity index (χ4v) is 0.664. The first kappa shape index (κ1) is 7.81. The first-order valence-corrected chi connectivity index (χ1v) is 3.70. The smallest absolute Gasteiger partial charge is 0.0428 e. The number of hydrogen-bond acceptors (Lipinski definition) is 1. The Morgan fingerprint density at radius 2 is 2.27 bits per heavy atom. The minimum absolute atomic E-state index is 0.426. The van der Waals surface area contributed by atoms with Gasteiger partial charge in [-0.15, -0.1) is 0 Å². The fraction of sp³-hybridized carbons (Fsp3) is 0.300. The molecular weight excluding hydrogens is 134 g/mol. The van der Waals surface area contributed by atoms with Crippen molar-refractivity contribution in [3.8, 4) is 11.8 Å². The van der Waals surface area contributed by atoms with Crippen molar-refractivity contribution in [2.24, 2.45) is 5.92 Å². The summed E-state index contributed by atoms with van der Waals surface area (Å²) in [5.74, 6) is 6.53. The highest BCUT2D eigenvalue weighted by Gasteiger charge is 1.84. The number of nitrogens with zero attached hydrogens (tertiary/aromatic N) is 1. The largest absolute Gasteiger partial charge is 0.263 e. The maximum absolute atomic E-state index is 3.96. The molecular formula is C10H11N. The highest BCUT2D eigenvalue weighted by Crippen LogP contribution is 1.93. The van der Waals surface area contributed by atoms with Gasteiger partial charge >= 0.3 is 0 Å². The van der Waals surface area contributed by atoms with Crippen molar-refractivity contribution in [2.75, 3.05) is 0 Å². The Kier molecular flexibility index (Phi) is 2.68. The Morgan fingerprint density at radius 3 is 2.82 bits per heavy atom. The lowest BCUT2D eigenvalue weighted by Gasteiger charge is -1.88. The molecule has 0 saturated heterocycles. The van der Waals surface area contributed by atoms with E-state index < -0.39 is 0 Å². The number of rotatable bonds is 0. The van der Waals surface area contributed by atoms with Crippen molar-refractivity contribution >= 4 is 0 Å². The van der Waals surface area contributed by atoms with Gasteiger partial charge in [0.2, 0.25) is 0 Å². The Balaban J connectivity index is 2.75. The third-order valence-electron chi connectivity index (χ3n) is 1.17. The van der Waals surface area contributed by atoms with Crippen molar-refractivity contribution in [2.45, 2.75) is 13.8 Å². The van der Waals surface area contributed by atoms with E-state index in [9.17, 15) is 0 Å². The molecule has 1 aromatic rings. The molecule has 0 atom stereocenters. The predicted octanol–water partition coefficient (Wildman–Crippen LogP) is 2.09. The minimum Gasteiger partial charge on any atom is -0.263 e. The standard InChI is InChI=1S/C10H11N/c1-9(2)5-6-10-4-3-7-11-8-10/h3-4,7-9H,1-2H3. The van der Waals surface area contributed by atoms with Gasteiger partial charge in [-0.05, 0) is 12.1 Å². The normalized spacial score (nSPS) is 9.00. The van der Waals surface area contributed by atoms with Gasteiger partial charge in [0.1, 0.15) is 0 Å². The molecule has 1 heterocycles. The van der Waals surface area contributed by atoms with Crippen molar-refractivity contribution in [1.29, 1.82) is 0 Å². The predicted molar refractivity (Wildman–Crippen MR) is 46.0 cm³/mol. The second-order valence-electron chi connectivity index (χ2n) is 2.67. The molecule has 0 fully saturated rings. The van der Waals surface area contributed by atoms with Crippen LogP contribution in [0.5, 0.6) is 0 Å². The lowest BCUT2D eigenvalue weighted by molar-refractivity contribution is 0.866. The molecule has 0 amide bonds. The van der Waals surface area contributed by atoms with Gasteiger partial charge < -0.3 is 0 Å². The second kappa shape index (κ2) is 3.78. The molecule has 0 aliphatic heterocycles. The van der Waals surface area contributed by atoms with Crippen LogP contribution in [0.25, 0.3) is 0 Å². The lowest BCUT2D eigenvalue weighted by atomic mass is 10.2. The van der Waals surface area contributed by atoms with Crippen LogP contribution < -0.4 is 0 Å². The summed E-state index contributed by atoms with van der Waals surface area (Å²) in [5, 5.41) is 0. The molecule has 0 N–H and O–H groups in total. The molecule has 1 aromatic heterocycles. The molecule has 0 saturated carbocycles. The Hall–Kier alpha value is -1.29. The van der Waals surface area contributed by atoms with E-state index in [-0.39, 0.29) is 0 Å². The van der Waals surface area contributed by atoms with Crippen LogP contribution in [-0.2, 0) is 0 Å². The molecule has 1 heteroatoms. The molecule has 0 radical (unpaired) electrons. The molecule has 1 rings (SSSR count). The first-order valence-electron chi connectivity index (χ1n) is 3.70. The Bertz CT molecular complexity index is 264. The Morgan fingerprint density at radius 1 is 1.45 bits per heavy atom. The molecule has 11 heavy (non-hydrogen) atoms. The summed E-state index contributed by atoms with van der Waals surface area (Å²) < 4.78 is 0. The van der Waals surface area contributed by atoms with E-state index in [0.29, 0.717) is 5.92 Å². The minimum atomic E-state index is 0.426. The van der Waals surface area contributed by atoms with E-state index >= 15 is 0 Å². The van der Waals surface area contributed by atoms with E-state index in [1.54, 1.807) is 12.4 Å². The zero-order chi connectivity index (χ0) is 8.10. The van der Waals surface area contributed by atoms with Crippen molar-refractivity contribution in [1.82, 2.24) is 4.98 Å². The monoisotopic (exact) mass is 145 g/mol. The van der Waals surface area contributed by atoms with Gasteiger partial charge in [0.25, 0.3) is 0 Å². The Labute approximate surface area is 67.5 Å². The summed E-state index contributed by atoms with van der Waals surface area (Å²) >= 11 is 0. The molecule has 0 unspecified atom stereocenters. The summed E-state index contributed by atoms with van der Waals surface area (Å²) in [6.45, 7) is 4.15. The van der Waals surface area contributed by atoms with Crippen LogP contribution in [-0.4, -0.2) is 4.98 Å². The number of pyridine rings is 1. The van der Waals surface area contributed by atoms with Crippen LogP contribution >= 0.6 is 0 Å². The van der Waals surface area contributed by atoms with Crippen molar-refractivity contribution in [3.63, 3.8) is 0 Å². The maximum atomic E-state index is 3.96. The zero-order valence-electron chi connectivity index (χ0n) is 6.83. The molecule has 56 valence electrons. The van der Waals surface area contributed by atoms with E-state index in [1.807, 2.05) is 12.1 Å². The van der Waals surface area contributed by atoms with Gasteiger partial charge in [0.15, 0.2) is 0 Å². The molecule has 0 aliphatic rings. The summed E-state index contributed by atoms with van der Waals surface area (Å²) in [5.41, 5.74) is 0.987. The van der Waals surface area contributed by atoms with Crippen molar-refractivity contribution in [3.05, 3.63) is 30.1 Å². The van der Waals surface area contributed by atoms with Gasteiger partial charge in [-0.3, -0.25) is 4.98 Å². The zero-order valence-corrected chi connectivity index (χ0v) is 6.83.